The van der Waals surface area contributed by atoms with E-state index in [4.69, 9.17) is 9.52 Å². The van der Waals surface area contributed by atoms with Crippen LogP contribution in [0.25, 0.3) is 11.3 Å². The third-order valence-electron chi connectivity index (χ3n) is 3.52. The molecule has 3 aromatic rings. The lowest BCUT2D eigenvalue weighted by molar-refractivity contribution is -0.114. The molecule has 0 radical (unpaired) electrons. The summed E-state index contributed by atoms with van der Waals surface area (Å²) in [5.41, 5.74) is 2.75. The Morgan fingerprint density at radius 2 is 2.00 bits per heavy atom. The lowest BCUT2D eigenvalue weighted by Gasteiger charge is -2.02. The molecular weight excluding hydrogens is 342 g/mol. The van der Waals surface area contributed by atoms with Crippen molar-refractivity contribution >= 4 is 28.3 Å². The van der Waals surface area contributed by atoms with Crippen molar-refractivity contribution in [3.05, 3.63) is 53.1 Å². The summed E-state index contributed by atoms with van der Waals surface area (Å²) in [5, 5.41) is 14.1. The largest absolute Gasteiger partial charge is 0.476 e. The van der Waals surface area contributed by atoms with Crippen LogP contribution in [0.3, 0.4) is 0 Å². The molecule has 8 heteroatoms. The highest BCUT2D eigenvalue weighted by molar-refractivity contribution is 7.14. The van der Waals surface area contributed by atoms with Gasteiger partial charge in [0.1, 0.15) is 5.76 Å². The topological polar surface area (TPSA) is 105 Å². The SMILES string of the molecule is CC(=O)Nc1nc(-c2ccc(CCc3ocnc3C(=O)O)cc2)cs1. The number of thiazole rings is 1. The molecule has 0 unspecified atom stereocenters. The fourth-order valence-electron chi connectivity index (χ4n) is 2.34. The van der Waals surface area contributed by atoms with Crippen LogP contribution in [-0.2, 0) is 17.6 Å². The second-order valence-electron chi connectivity index (χ2n) is 5.35. The van der Waals surface area contributed by atoms with Crippen LogP contribution in [0.1, 0.15) is 28.7 Å². The van der Waals surface area contributed by atoms with Crippen LogP contribution in [0, 0.1) is 0 Å². The van der Waals surface area contributed by atoms with Gasteiger partial charge in [0.15, 0.2) is 17.2 Å². The van der Waals surface area contributed by atoms with Gasteiger partial charge in [-0.3, -0.25) is 4.79 Å². The minimum absolute atomic E-state index is 0.0374. The first kappa shape index (κ1) is 16.8. The quantitative estimate of drug-likeness (QED) is 0.701. The zero-order chi connectivity index (χ0) is 17.8. The van der Waals surface area contributed by atoms with Crippen LogP contribution < -0.4 is 5.32 Å². The predicted molar refractivity (Wildman–Crippen MR) is 92.7 cm³/mol. The minimum atomic E-state index is -1.09. The molecule has 25 heavy (non-hydrogen) atoms. The normalized spacial score (nSPS) is 10.6. The number of hydrogen-bond acceptors (Lipinski definition) is 6. The molecule has 2 N–H and O–H groups in total. The maximum Gasteiger partial charge on any atom is 0.358 e. The van der Waals surface area contributed by atoms with Crippen molar-refractivity contribution in [1.82, 2.24) is 9.97 Å². The summed E-state index contributed by atoms with van der Waals surface area (Å²) in [6.07, 6.45) is 2.26. The third kappa shape index (κ3) is 4.10. The Bertz CT molecular complexity index is 899. The summed E-state index contributed by atoms with van der Waals surface area (Å²) in [6, 6.07) is 7.81. The summed E-state index contributed by atoms with van der Waals surface area (Å²) in [6.45, 7) is 1.44. The first-order chi connectivity index (χ1) is 12.0. The number of carbonyl (C=O) groups is 2. The number of hydrogen-bond donors (Lipinski definition) is 2. The van der Waals surface area contributed by atoms with Crippen LogP contribution in [0.15, 0.2) is 40.5 Å². The number of anilines is 1. The molecule has 0 fully saturated rings. The van der Waals surface area contributed by atoms with Gasteiger partial charge in [-0.1, -0.05) is 24.3 Å². The molecule has 0 aliphatic heterocycles. The first-order valence-electron chi connectivity index (χ1n) is 7.51. The van der Waals surface area contributed by atoms with E-state index in [9.17, 15) is 9.59 Å². The molecule has 0 spiro atoms. The fraction of sp³-hybridized carbons (Fsp3) is 0.176. The molecule has 0 bridgehead atoms. The van der Waals surface area contributed by atoms with Crippen molar-refractivity contribution in [3.63, 3.8) is 0 Å². The van der Waals surface area contributed by atoms with Gasteiger partial charge in [0.25, 0.3) is 0 Å². The summed E-state index contributed by atoms with van der Waals surface area (Å²) in [7, 11) is 0. The number of aromatic nitrogens is 2. The van der Waals surface area contributed by atoms with Crippen molar-refractivity contribution in [1.29, 1.82) is 0 Å². The minimum Gasteiger partial charge on any atom is -0.476 e. The molecule has 0 saturated carbocycles. The van der Waals surface area contributed by atoms with Crippen molar-refractivity contribution in [2.45, 2.75) is 19.8 Å². The number of aryl methyl sites for hydroxylation is 2. The van der Waals surface area contributed by atoms with Gasteiger partial charge in [-0.05, 0) is 12.0 Å². The fourth-order valence-corrected chi connectivity index (χ4v) is 3.10. The second kappa shape index (κ2) is 7.27. The Morgan fingerprint density at radius 1 is 1.24 bits per heavy atom. The second-order valence-corrected chi connectivity index (χ2v) is 6.20. The lowest BCUT2D eigenvalue weighted by atomic mass is 10.0. The van der Waals surface area contributed by atoms with Gasteiger partial charge < -0.3 is 14.8 Å². The highest BCUT2D eigenvalue weighted by Crippen LogP contribution is 2.25. The van der Waals surface area contributed by atoms with Crippen LogP contribution in [0.4, 0.5) is 5.13 Å². The zero-order valence-electron chi connectivity index (χ0n) is 13.4. The average molecular weight is 357 g/mol. The number of nitrogens with zero attached hydrogens (tertiary/aromatic N) is 2. The van der Waals surface area contributed by atoms with Gasteiger partial charge >= 0.3 is 5.97 Å². The van der Waals surface area contributed by atoms with Crippen molar-refractivity contribution < 1.29 is 19.1 Å². The molecule has 0 aliphatic carbocycles. The summed E-state index contributed by atoms with van der Waals surface area (Å²) < 4.78 is 5.14. The van der Waals surface area contributed by atoms with E-state index in [0.717, 1.165) is 23.2 Å². The van der Waals surface area contributed by atoms with Gasteiger partial charge in [0, 0.05) is 24.3 Å². The number of benzene rings is 1. The summed E-state index contributed by atoms with van der Waals surface area (Å²) in [5.74, 6) is -0.863. The van der Waals surface area contributed by atoms with Crippen molar-refractivity contribution in [3.8, 4) is 11.3 Å². The maximum absolute atomic E-state index is 11.0. The van der Waals surface area contributed by atoms with Crippen LogP contribution >= 0.6 is 11.3 Å². The summed E-state index contributed by atoms with van der Waals surface area (Å²) >= 11 is 1.37. The van der Waals surface area contributed by atoms with E-state index in [2.05, 4.69) is 15.3 Å². The molecule has 0 atom stereocenters. The van der Waals surface area contributed by atoms with E-state index in [1.54, 1.807) is 0 Å². The van der Waals surface area contributed by atoms with Gasteiger partial charge in [0.05, 0.1) is 5.69 Å². The Labute approximate surface area is 147 Å². The number of nitrogens with one attached hydrogen (secondary N) is 1. The molecule has 0 saturated heterocycles. The van der Waals surface area contributed by atoms with E-state index in [0.29, 0.717) is 23.7 Å². The smallest absolute Gasteiger partial charge is 0.358 e. The third-order valence-corrected chi connectivity index (χ3v) is 4.28. The van der Waals surface area contributed by atoms with Crippen LogP contribution in [0.5, 0.6) is 0 Å². The van der Waals surface area contributed by atoms with Gasteiger partial charge in [-0.2, -0.15) is 0 Å². The van der Waals surface area contributed by atoms with Crippen molar-refractivity contribution in [2.24, 2.45) is 0 Å². The Hall–Kier alpha value is -3.00. The molecule has 128 valence electrons. The maximum atomic E-state index is 11.0. The number of aromatic carboxylic acids is 1. The Kier molecular flexibility index (Phi) is 4.90. The number of carboxylic acids is 1. The van der Waals surface area contributed by atoms with E-state index in [-0.39, 0.29) is 11.6 Å². The molecule has 0 aliphatic rings. The number of carbonyl (C=O) groups excluding carboxylic acids is 1. The molecule has 2 heterocycles. The van der Waals surface area contributed by atoms with Gasteiger partial charge in [0.2, 0.25) is 5.91 Å². The van der Waals surface area contributed by atoms with E-state index >= 15 is 0 Å². The van der Waals surface area contributed by atoms with E-state index < -0.39 is 5.97 Å². The monoisotopic (exact) mass is 357 g/mol. The number of oxazole rings is 1. The average Bonchev–Trinajstić information content (AvgIpc) is 3.22. The number of carboxylic acid groups (broad SMARTS) is 1. The first-order valence-corrected chi connectivity index (χ1v) is 8.39. The van der Waals surface area contributed by atoms with Gasteiger partial charge in [-0.15, -0.1) is 11.3 Å². The molecular formula is C17H15N3O4S. The molecule has 1 aromatic carbocycles. The summed E-state index contributed by atoms with van der Waals surface area (Å²) in [4.78, 5) is 30.1. The van der Waals surface area contributed by atoms with Crippen LogP contribution in [0.2, 0.25) is 0 Å². The molecule has 2 aromatic heterocycles. The van der Waals surface area contributed by atoms with Gasteiger partial charge in [-0.25, -0.2) is 14.8 Å². The van der Waals surface area contributed by atoms with Crippen molar-refractivity contribution in [2.75, 3.05) is 5.32 Å². The van der Waals surface area contributed by atoms with E-state index in [1.807, 2.05) is 29.6 Å². The Morgan fingerprint density at radius 3 is 2.68 bits per heavy atom. The van der Waals surface area contributed by atoms with Crippen LogP contribution in [-0.4, -0.2) is 27.0 Å². The lowest BCUT2D eigenvalue weighted by Crippen LogP contribution is -2.04. The standard InChI is InChI=1S/C17H15N3O4S/c1-10(21)19-17-20-13(8-25-17)12-5-2-11(3-6-12)4-7-14-15(16(22)23)18-9-24-14/h2-3,5-6,8-9H,4,7H2,1H3,(H,22,23)(H,19,20,21). The van der Waals surface area contributed by atoms with E-state index in [1.165, 1.54) is 18.3 Å². The predicted octanol–water partition coefficient (Wildman–Crippen LogP) is 3.24. The number of amides is 1. The zero-order valence-corrected chi connectivity index (χ0v) is 14.2. The molecule has 3 rings (SSSR count). The highest BCUT2D eigenvalue weighted by Gasteiger charge is 2.15. The molecule has 7 nitrogen and oxygen atoms in total. The highest BCUT2D eigenvalue weighted by atomic mass is 32.1. The number of rotatable bonds is 6. The Balaban J connectivity index is 1.66. The molecule has 1 amide bonds.